The van der Waals surface area contributed by atoms with Gasteiger partial charge in [-0.1, -0.05) is 64.5 Å². The average Bonchev–Trinajstić information content (AvgIpc) is 3.26. The molecular formula is C48H63BrN2O16. The molecule has 0 saturated carbocycles. The van der Waals surface area contributed by atoms with E-state index in [-0.39, 0.29) is 36.1 Å². The molecule has 1 N–H and O–H groups in total. The number of hydrogen-bond acceptors (Lipinski definition) is 15. The topological polar surface area (TPSA) is 244 Å². The van der Waals surface area contributed by atoms with E-state index in [9.17, 15) is 47.9 Å². The van der Waals surface area contributed by atoms with E-state index >= 15 is 0 Å². The summed E-state index contributed by atoms with van der Waals surface area (Å²) in [7, 11) is 0. The highest BCUT2D eigenvalue weighted by Crippen LogP contribution is 2.24. The molecule has 0 aromatic heterocycles. The lowest BCUT2D eigenvalue weighted by atomic mass is 10.0. The Hall–Kier alpha value is -5.98. The predicted octanol–water partition coefficient (Wildman–Crippen LogP) is 7.60. The third-order valence-corrected chi connectivity index (χ3v) is 10.5. The molecule has 67 heavy (non-hydrogen) atoms. The average molecular weight is 1000 g/mol. The lowest BCUT2D eigenvalue weighted by Crippen LogP contribution is -2.52. The van der Waals surface area contributed by atoms with Crippen LogP contribution in [0.4, 0.5) is 9.59 Å². The van der Waals surface area contributed by atoms with Crippen LogP contribution >= 0.6 is 15.9 Å². The second-order valence-electron chi connectivity index (χ2n) is 17.4. The minimum Gasteiger partial charge on any atom is -0.480 e. The number of carboxylic acid groups (broad SMARTS) is 1. The van der Waals surface area contributed by atoms with Crippen LogP contribution in [0.2, 0.25) is 0 Å². The van der Waals surface area contributed by atoms with Crippen molar-refractivity contribution in [1.29, 1.82) is 0 Å². The van der Waals surface area contributed by atoms with Gasteiger partial charge in [0, 0.05) is 35.3 Å². The zero-order chi connectivity index (χ0) is 50.8. The molecule has 2 aliphatic rings. The number of halogens is 1. The van der Waals surface area contributed by atoms with Gasteiger partial charge in [-0.15, -0.1) is 0 Å². The minimum absolute atomic E-state index is 0.0170. The zero-order valence-corrected chi connectivity index (χ0v) is 41.4. The molecular weight excluding hydrogens is 940 g/mol. The lowest BCUT2D eigenvalue weighted by molar-refractivity contribution is -0.167. The summed E-state index contributed by atoms with van der Waals surface area (Å²) in [4.78, 5) is 121. The van der Waals surface area contributed by atoms with Crippen LogP contribution in [0.15, 0.2) is 48.5 Å². The largest absolute Gasteiger partial charge is 0.480 e. The fourth-order valence-corrected chi connectivity index (χ4v) is 6.82. The third kappa shape index (κ3) is 18.7. The molecule has 2 aromatic rings. The fourth-order valence-electron chi connectivity index (χ4n) is 6.42. The predicted molar refractivity (Wildman–Crippen MR) is 246 cm³/mol. The normalized spacial score (nSPS) is 16.7. The van der Waals surface area contributed by atoms with E-state index in [0.29, 0.717) is 55.5 Å². The number of esters is 3. The van der Waals surface area contributed by atoms with Crippen molar-refractivity contribution in [2.45, 2.75) is 142 Å². The fraction of sp³-hybridized carbons (Fsp3) is 0.542. The van der Waals surface area contributed by atoms with Crippen LogP contribution in [0.3, 0.4) is 0 Å². The second-order valence-corrected chi connectivity index (χ2v) is 18.3. The molecule has 2 aromatic carbocycles. The number of nitrogens with zero attached hydrogens (tertiary/aromatic N) is 2. The maximum Gasteiger partial charge on any atom is 0.411 e. The number of amides is 2. The number of likely N-dealkylation sites (tertiary alicyclic amines) is 2. The smallest absolute Gasteiger partial charge is 0.411 e. The highest BCUT2D eigenvalue weighted by atomic mass is 79.9. The Kier molecular flexibility index (Phi) is 22.5. The number of ether oxygens (including phenoxy) is 5. The van der Waals surface area contributed by atoms with Gasteiger partial charge in [0.05, 0.1) is 13.2 Å². The highest BCUT2D eigenvalue weighted by Gasteiger charge is 2.41. The maximum absolute atomic E-state index is 13.0. The Morgan fingerprint density at radius 1 is 0.597 bits per heavy atom. The molecule has 4 rings (SSSR count). The molecule has 4 atom stereocenters. The first-order valence-corrected chi connectivity index (χ1v) is 22.8. The van der Waals surface area contributed by atoms with Crippen molar-refractivity contribution in [3.8, 4) is 0 Å². The number of carboxylic acids is 1. The molecule has 0 radical (unpaired) electrons. The lowest BCUT2D eigenvalue weighted by Gasteiger charge is -2.35. The van der Waals surface area contributed by atoms with Crippen molar-refractivity contribution in [3.05, 3.63) is 70.8 Å². The molecule has 18 nitrogen and oxygen atoms in total. The van der Waals surface area contributed by atoms with Crippen molar-refractivity contribution >= 4 is 75.1 Å². The van der Waals surface area contributed by atoms with Gasteiger partial charge in [0.2, 0.25) is 5.78 Å². The van der Waals surface area contributed by atoms with Gasteiger partial charge in [-0.05, 0) is 108 Å². The number of piperidine rings is 2. The van der Waals surface area contributed by atoms with E-state index in [1.807, 2.05) is 0 Å². The number of alkyl halides is 1. The number of aliphatic carboxylic acids is 1. The van der Waals surface area contributed by atoms with Gasteiger partial charge in [-0.3, -0.25) is 33.8 Å². The first-order chi connectivity index (χ1) is 31.2. The Morgan fingerprint density at radius 3 is 1.36 bits per heavy atom. The number of benzene rings is 2. The van der Waals surface area contributed by atoms with Crippen LogP contribution in [-0.4, -0.2) is 135 Å². The van der Waals surface area contributed by atoms with Crippen molar-refractivity contribution in [1.82, 2.24) is 9.80 Å². The van der Waals surface area contributed by atoms with Gasteiger partial charge in [-0.25, -0.2) is 24.0 Å². The SMILES string of the molecule is CC(C)(C)OC(=O)N1CCCC[C@H]1C(=O)O.CCOC(=O)C(Br)C(=O)c1ccc(C(C)=O)cc1.CCOC(=O)C(OC(=O)[C@@H]1CCCCN1C(=O)OC(C)(C)C)C(=O)c1ccc(C(C)=O)cc1. The molecule has 2 amide bonds. The molecule has 0 aliphatic carbocycles. The summed E-state index contributed by atoms with van der Waals surface area (Å²) in [5.41, 5.74) is 0.0180. The summed E-state index contributed by atoms with van der Waals surface area (Å²) >= 11 is 3.00. The van der Waals surface area contributed by atoms with Gasteiger partial charge in [0.1, 0.15) is 23.3 Å². The van der Waals surface area contributed by atoms with Gasteiger partial charge in [-0.2, -0.15) is 0 Å². The summed E-state index contributed by atoms with van der Waals surface area (Å²) in [5.74, 6) is -4.88. The van der Waals surface area contributed by atoms with Gasteiger partial charge in [0.25, 0.3) is 6.10 Å². The quantitative estimate of drug-likeness (QED) is 0.0668. The van der Waals surface area contributed by atoms with Crippen LogP contribution in [0, 0.1) is 0 Å². The van der Waals surface area contributed by atoms with E-state index in [2.05, 4.69) is 15.9 Å². The maximum atomic E-state index is 13.0. The summed E-state index contributed by atoms with van der Waals surface area (Å²) in [5, 5.41) is 9.01. The zero-order valence-electron chi connectivity index (χ0n) is 39.8. The Labute approximate surface area is 399 Å². The van der Waals surface area contributed by atoms with Gasteiger partial charge >= 0.3 is 36.1 Å². The van der Waals surface area contributed by atoms with Crippen LogP contribution in [0.25, 0.3) is 0 Å². The van der Waals surface area contributed by atoms with Crippen LogP contribution in [0.5, 0.6) is 0 Å². The van der Waals surface area contributed by atoms with Crippen LogP contribution in [0.1, 0.15) is 149 Å². The Morgan fingerprint density at radius 2 is 0.970 bits per heavy atom. The summed E-state index contributed by atoms with van der Waals surface area (Å²) in [6.45, 7) is 17.5. The molecule has 368 valence electrons. The van der Waals surface area contributed by atoms with Crippen LogP contribution < -0.4 is 0 Å². The first-order valence-electron chi connectivity index (χ1n) is 21.9. The molecule has 19 heteroatoms. The molecule has 0 spiro atoms. The van der Waals surface area contributed by atoms with Crippen LogP contribution in [-0.2, 0) is 42.9 Å². The second kappa shape index (κ2) is 26.4. The molecule has 2 saturated heterocycles. The highest BCUT2D eigenvalue weighted by molar-refractivity contribution is 9.10. The Balaban J connectivity index is 0.000000381. The number of rotatable bonds is 13. The minimum atomic E-state index is -1.83. The number of Topliss-reactive ketones (excluding diaryl/α,β-unsaturated/α-hetero) is 4. The number of carbonyl (C=O) groups excluding carboxylic acids is 9. The number of hydrogen-bond donors (Lipinski definition) is 1. The molecule has 0 bridgehead atoms. The van der Waals surface area contributed by atoms with E-state index in [4.69, 9.17) is 28.8 Å². The van der Waals surface area contributed by atoms with E-state index in [1.54, 1.807) is 67.5 Å². The number of carbonyl (C=O) groups is 10. The van der Waals surface area contributed by atoms with Crippen molar-refractivity contribution < 1.29 is 76.7 Å². The van der Waals surface area contributed by atoms with Crippen molar-refractivity contribution in [3.63, 3.8) is 0 Å². The molecule has 2 fully saturated rings. The Bertz CT molecular complexity index is 2090. The standard InChI is InChI=1S/C24H31NO8.C13H13BrO4.C11H19NO4/c1-6-31-22(29)20(19(27)17-12-10-16(11-13-17)15(2)26)32-21(28)18-9-7-8-14-25(18)23(30)33-24(3,4)5;1-3-18-13(17)11(14)12(16)10-6-4-9(5-7-10)8(2)15;1-11(2,3)16-10(15)12-7-5-4-6-8(12)9(13)14/h10-13,18,20H,6-9,14H2,1-5H3;4-7,11H,3H2,1-2H3;8H,4-7H2,1-3H3,(H,13,14)/t18-,20?;;8-/m0.0/s1. The number of ketones is 4. The van der Waals surface area contributed by atoms with Gasteiger partial charge in [0.15, 0.2) is 22.2 Å². The monoisotopic (exact) mass is 1000 g/mol. The first kappa shape index (κ1) is 57.1. The van der Waals surface area contributed by atoms with Crippen molar-refractivity contribution in [2.24, 2.45) is 0 Å². The summed E-state index contributed by atoms with van der Waals surface area (Å²) < 4.78 is 25.6. The van der Waals surface area contributed by atoms with E-state index in [1.165, 1.54) is 60.0 Å². The molecule has 2 aliphatic heterocycles. The molecule has 2 heterocycles. The molecule has 2 unspecified atom stereocenters. The van der Waals surface area contributed by atoms with Crippen molar-refractivity contribution in [2.75, 3.05) is 26.3 Å². The van der Waals surface area contributed by atoms with E-state index in [0.717, 1.165) is 12.8 Å². The summed E-state index contributed by atoms with van der Waals surface area (Å²) in [6, 6.07) is 10.1. The van der Waals surface area contributed by atoms with Gasteiger partial charge < -0.3 is 28.8 Å². The summed E-state index contributed by atoms with van der Waals surface area (Å²) in [6.07, 6.45) is 0.837. The van der Waals surface area contributed by atoms with E-state index < -0.39 is 76.1 Å². The third-order valence-electron chi connectivity index (χ3n) is 9.67.